The Kier molecular flexibility index (Phi) is 0.414. The molecule has 12 rings (SSSR count). The van der Waals surface area contributed by atoms with Crippen molar-refractivity contribution in [2.24, 2.45) is 0 Å². The number of carboxylic acids is 1. The first kappa shape index (κ1) is 9.94. The van der Waals surface area contributed by atoms with Crippen LogP contribution < -0.4 is 4.74 Å². The van der Waals surface area contributed by atoms with Gasteiger partial charge in [0.25, 0.3) is 0 Å². The Morgan fingerprint density at radius 3 is 2.20 bits per heavy atom. The van der Waals surface area contributed by atoms with E-state index in [2.05, 4.69) is 6.08 Å². The summed E-state index contributed by atoms with van der Waals surface area (Å²) < 4.78 is 6.51. The number of hydrogen-bond donors (Lipinski definition) is 1. The van der Waals surface area contributed by atoms with Crippen LogP contribution in [-0.2, 0) is 6.51 Å². The number of ether oxygens (including phenoxy) is 1. The maximum absolute atomic E-state index is 13.0. The second kappa shape index (κ2) is 1.04. The third kappa shape index (κ3) is 0.155. The molecule has 4 nitrogen and oxygen atoms in total. The van der Waals surface area contributed by atoms with Crippen LogP contribution >= 0.6 is 0 Å². The van der Waals surface area contributed by atoms with E-state index in [9.17, 15) is 14.7 Å². The summed E-state index contributed by atoms with van der Waals surface area (Å²) in [5.41, 5.74) is 0.604. The first-order valence-corrected chi connectivity index (χ1v) is 15.7. The number of ketones is 1. The van der Waals surface area contributed by atoms with Crippen molar-refractivity contribution in [2.45, 2.75) is 47.7 Å². The van der Waals surface area contributed by atoms with Crippen LogP contribution in [0.2, 0.25) is 47.7 Å². The molecule has 1 aromatic carbocycles. The van der Waals surface area contributed by atoms with Gasteiger partial charge in [0.1, 0.15) is 0 Å². The number of aromatic carboxylic acids is 1. The Hall–Kier alpha value is -1.58. The molecule has 10 saturated heterocycles. The zero-order valence-electron chi connectivity index (χ0n) is 13.0. The number of carbonyl (C=O) groups excluding carboxylic acids is 1. The average molecular weight is 374 g/mol. The summed E-state index contributed by atoms with van der Waals surface area (Å²) in [6.45, 7) is -3.24. The molecule has 0 saturated carbocycles. The molecule has 0 radical (unpaired) electrons. The van der Waals surface area contributed by atoms with Crippen LogP contribution in [0.15, 0.2) is 30.0 Å². The van der Waals surface area contributed by atoms with Gasteiger partial charge in [0.15, 0.2) is 0 Å². The number of benzene rings is 1. The van der Waals surface area contributed by atoms with E-state index < -0.39 is 12.5 Å². The molecule has 5 heteroatoms. The van der Waals surface area contributed by atoms with Crippen LogP contribution in [0.4, 0.5) is 0 Å². The second-order valence-electron chi connectivity index (χ2n) is 12.7. The third-order valence-electron chi connectivity index (χ3n) is 17.1. The summed E-state index contributed by atoms with van der Waals surface area (Å²) in [4.78, 5) is 34.9. The van der Waals surface area contributed by atoms with Crippen LogP contribution in [0.25, 0.3) is 0 Å². The van der Waals surface area contributed by atoms with E-state index in [1.807, 2.05) is 0 Å². The number of fused-ring (bicyclic) bond motifs is 11. The van der Waals surface area contributed by atoms with E-state index in [0.717, 1.165) is 9.63 Å². The van der Waals surface area contributed by atoms with E-state index in [-0.39, 0.29) is 11.3 Å². The van der Waals surface area contributed by atoms with E-state index in [4.69, 9.17) is 4.74 Å². The fourth-order valence-corrected chi connectivity index (χ4v) is 92.0. The van der Waals surface area contributed by atoms with Gasteiger partial charge in [-0.05, 0) is 0 Å². The Balaban J connectivity index is 1.15. The van der Waals surface area contributed by atoms with E-state index in [1.54, 1.807) is 6.07 Å². The summed E-state index contributed by atoms with van der Waals surface area (Å²) in [6.07, 6.45) is 2.37. The predicted molar refractivity (Wildman–Crippen MR) is 82.9 cm³/mol. The van der Waals surface area contributed by atoms with E-state index in [1.165, 1.54) is 45.8 Å². The molecule has 0 aliphatic carbocycles. The van der Waals surface area contributed by atoms with Gasteiger partial charge in [0, 0.05) is 0 Å². The van der Waals surface area contributed by atoms with Gasteiger partial charge in [0.2, 0.25) is 0 Å². The van der Waals surface area contributed by atoms with E-state index in [0.29, 0.717) is 21.4 Å². The standard InChI is InChI=1S/C15H9O4.C5H5.Fe/c16-14-11-8-10(15(17)18)5-6-12(11)19-13(14)7-9-3-1-2-4-9;1-2-4-5-3-1;/h1-8H,(H,17,18);1-5H;. The quantitative estimate of drug-likeness (QED) is 0.607. The fraction of sp³-hybridized carbons (Fsp3) is 0.500. The molecule has 126 valence electrons. The van der Waals surface area contributed by atoms with Crippen molar-refractivity contribution in [1.29, 1.82) is 0 Å². The van der Waals surface area contributed by atoms with Gasteiger partial charge in [-0.1, -0.05) is 0 Å². The van der Waals surface area contributed by atoms with Gasteiger partial charge >= 0.3 is 132 Å². The summed E-state index contributed by atoms with van der Waals surface area (Å²) in [5.74, 6) is 0.0251. The second-order valence-corrected chi connectivity index (χ2v) is 36.3. The van der Waals surface area contributed by atoms with Gasteiger partial charge in [0.05, 0.1) is 0 Å². The number of allylic oxidation sites excluding steroid dienone is 2. The molecule has 10 fully saturated rings. The maximum atomic E-state index is 13.0. The molecule has 0 aromatic heterocycles. The first-order chi connectivity index (χ1) is 11.8. The molecule has 1 aromatic rings. The van der Waals surface area contributed by atoms with Gasteiger partial charge in [-0.3, -0.25) is 0 Å². The molecule has 4 atom stereocenters. The molecule has 25 heavy (non-hydrogen) atoms. The van der Waals surface area contributed by atoms with Crippen molar-refractivity contribution in [2.75, 3.05) is 0 Å². The van der Waals surface area contributed by atoms with Gasteiger partial charge in [-0.2, -0.15) is 0 Å². The van der Waals surface area contributed by atoms with Crippen LogP contribution in [0.5, 0.6) is 5.75 Å². The predicted octanol–water partition coefficient (Wildman–Crippen LogP) is 4.60. The Bertz CT molecular complexity index is 1470. The molecular weight excluding hydrogens is 360 g/mol. The van der Waals surface area contributed by atoms with Gasteiger partial charge in [-0.25, -0.2) is 0 Å². The molecule has 0 bridgehead atoms. The normalized spacial score (nSPS) is 88.2. The van der Waals surface area contributed by atoms with Crippen LogP contribution in [0, 0.1) is 0 Å². The molecule has 1 N–H and O–H groups in total. The summed E-state index contributed by atoms with van der Waals surface area (Å²) >= 11 is 0. The number of Topliss-reactive ketones (excluding diaryl/α,β-unsaturated/α-hetero) is 1. The monoisotopic (exact) mass is 374 g/mol. The minimum absolute atomic E-state index is 0.0749. The zero-order chi connectivity index (χ0) is 16.0. The van der Waals surface area contributed by atoms with Gasteiger partial charge in [-0.15, -0.1) is 0 Å². The Labute approximate surface area is 132 Å². The van der Waals surface area contributed by atoms with Crippen molar-refractivity contribution in [1.82, 2.24) is 0 Å². The van der Waals surface area contributed by atoms with Crippen LogP contribution in [-0.4, -0.2) is 16.9 Å². The SMILES string of the molecule is O=C(O)c1ccc2c(c1)C(=O)C(=C[C]13[CH]4[CH]5[CH]6[CH]1[Fe]56431789[CH]3[CH]1[CH]7[CH]8[CH]39)O2. The van der Waals surface area contributed by atoms with Crippen molar-refractivity contribution in [3.8, 4) is 5.75 Å². The van der Waals surface area contributed by atoms with Crippen molar-refractivity contribution in [3.63, 3.8) is 0 Å². The van der Waals surface area contributed by atoms with Crippen LogP contribution in [0.1, 0.15) is 20.7 Å². The topological polar surface area (TPSA) is 63.6 Å². The molecule has 0 amide bonds. The Morgan fingerprint density at radius 2 is 1.72 bits per heavy atom. The average Bonchev–Trinajstić information content (AvgIpc) is 3.51. The van der Waals surface area contributed by atoms with E-state index >= 15 is 0 Å². The molecule has 11 aliphatic rings. The summed E-state index contributed by atoms with van der Waals surface area (Å²) in [6, 6.07) is 4.66. The van der Waals surface area contributed by atoms with Crippen LogP contribution in [0.3, 0.4) is 0 Å². The Morgan fingerprint density at radius 1 is 1.08 bits per heavy atom. The fourth-order valence-electron chi connectivity index (χ4n) is 18.3. The number of carboxylic acid groups (broad SMARTS) is 1. The molecule has 11 aliphatic heterocycles. The number of hydrogen-bond acceptors (Lipinski definition) is 3. The molecular formula is C20H14FeO4. The van der Waals surface area contributed by atoms with Gasteiger partial charge < -0.3 is 0 Å². The minimum atomic E-state index is -3.24. The zero-order valence-corrected chi connectivity index (χ0v) is 14.1. The molecule has 4 unspecified atom stereocenters. The summed E-state index contributed by atoms with van der Waals surface area (Å²) in [5, 5.41) is 9.19. The number of rotatable bonds is 2. The number of carbonyl (C=O) groups is 2. The van der Waals surface area contributed by atoms with Crippen molar-refractivity contribution in [3.05, 3.63) is 41.2 Å². The first-order valence-electron chi connectivity index (χ1n) is 9.36. The third-order valence-corrected chi connectivity index (χ3v) is 59.5. The van der Waals surface area contributed by atoms with Crippen molar-refractivity contribution < 1.29 is 25.9 Å². The molecule has 11 heterocycles. The summed E-state index contributed by atoms with van der Waals surface area (Å²) in [7, 11) is 0. The van der Waals surface area contributed by atoms with Crippen molar-refractivity contribution >= 4 is 11.8 Å². The molecule has 1 spiro atoms.